The molecule has 1 aliphatic rings. The fourth-order valence-electron chi connectivity index (χ4n) is 2.70. The quantitative estimate of drug-likeness (QED) is 0.768. The Morgan fingerprint density at radius 1 is 1.25 bits per heavy atom. The first-order valence-electron chi connectivity index (χ1n) is 6.87. The minimum Gasteiger partial charge on any atom is -0.383 e. The number of aromatic nitrogens is 3. The summed E-state index contributed by atoms with van der Waals surface area (Å²) in [5, 5.41) is 8.55. The molecule has 0 N–H and O–H groups in total. The van der Waals surface area contributed by atoms with E-state index < -0.39 is 0 Å². The van der Waals surface area contributed by atoms with E-state index in [1.807, 2.05) is 6.07 Å². The van der Waals surface area contributed by atoms with Gasteiger partial charge in [0.1, 0.15) is 11.6 Å². The van der Waals surface area contributed by atoms with Crippen molar-refractivity contribution < 1.29 is 4.74 Å². The Kier molecular flexibility index (Phi) is 4.03. The predicted octanol–water partition coefficient (Wildman–Crippen LogP) is 2.93. The second kappa shape index (κ2) is 5.94. The zero-order valence-electron chi connectivity index (χ0n) is 11.5. The van der Waals surface area contributed by atoms with Crippen LogP contribution in [0.1, 0.15) is 35.5 Å². The van der Waals surface area contributed by atoms with Crippen molar-refractivity contribution in [3.8, 4) is 0 Å². The van der Waals surface area contributed by atoms with Crippen LogP contribution in [0.15, 0.2) is 30.3 Å². The van der Waals surface area contributed by atoms with Gasteiger partial charge in [-0.2, -0.15) is 0 Å². The monoisotopic (exact) mass is 291 g/mol. The molecule has 1 heterocycles. The van der Waals surface area contributed by atoms with Crippen LogP contribution in [0.25, 0.3) is 0 Å². The summed E-state index contributed by atoms with van der Waals surface area (Å²) < 4.78 is 7.28. The van der Waals surface area contributed by atoms with E-state index in [0.717, 1.165) is 24.6 Å². The van der Waals surface area contributed by atoms with E-state index in [9.17, 15) is 0 Å². The molecule has 1 aliphatic carbocycles. The third-order valence-corrected chi connectivity index (χ3v) is 4.08. The molecule has 106 valence electrons. The molecule has 0 amide bonds. The number of ether oxygens (including phenoxy) is 1. The van der Waals surface area contributed by atoms with Crippen LogP contribution in [0.3, 0.4) is 0 Å². The molecular formula is C15H18ClN3O. The fraction of sp³-hybridized carbons (Fsp3) is 0.467. The standard InChI is InChI=1S/C15H18ClN3O/c1-20-8-7-19-14(10-16)17-18-15(19)13-9-12(13)11-5-3-2-4-6-11/h2-6,12-13H,7-10H2,1H3. The third-order valence-electron chi connectivity index (χ3n) is 3.84. The first-order chi connectivity index (χ1) is 9.85. The van der Waals surface area contributed by atoms with E-state index >= 15 is 0 Å². The van der Waals surface area contributed by atoms with Crippen molar-refractivity contribution in [2.24, 2.45) is 0 Å². The molecular weight excluding hydrogens is 274 g/mol. The number of benzene rings is 1. The number of methoxy groups -OCH3 is 1. The summed E-state index contributed by atoms with van der Waals surface area (Å²) in [6.07, 6.45) is 1.14. The molecule has 0 spiro atoms. The smallest absolute Gasteiger partial charge is 0.148 e. The lowest BCUT2D eigenvalue weighted by atomic mass is 10.1. The van der Waals surface area contributed by atoms with Crippen LogP contribution in [0.2, 0.25) is 0 Å². The van der Waals surface area contributed by atoms with Gasteiger partial charge in [0.2, 0.25) is 0 Å². The number of hydrogen-bond acceptors (Lipinski definition) is 3. The zero-order chi connectivity index (χ0) is 13.9. The van der Waals surface area contributed by atoms with Crippen LogP contribution in [-0.2, 0) is 17.2 Å². The van der Waals surface area contributed by atoms with Crippen molar-refractivity contribution in [1.82, 2.24) is 14.8 Å². The molecule has 0 radical (unpaired) electrons. The Hall–Kier alpha value is -1.39. The topological polar surface area (TPSA) is 39.9 Å². The number of rotatable bonds is 6. The lowest BCUT2D eigenvalue weighted by Crippen LogP contribution is -2.11. The molecule has 20 heavy (non-hydrogen) atoms. The summed E-state index contributed by atoms with van der Waals surface area (Å²) in [5.74, 6) is 3.28. The molecule has 1 fully saturated rings. The highest BCUT2D eigenvalue weighted by atomic mass is 35.5. The van der Waals surface area contributed by atoms with Gasteiger partial charge in [0.15, 0.2) is 0 Å². The lowest BCUT2D eigenvalue weighted by Gasteiger charge is -2.08. The van der Waals surface area contributed by atoms with E-state index in [0.29, 0.717) is 24.3 Å². The minimum atomic E-state index is 0.388. The van der Waals surface area contributed by atoms with Gasteiger partial charge in [-0.25, -0.2) is 0 Å². The normalized spacial score (nSPS) is 21.1. The van der Waals surface area contributed by atoms with E-state index in [-0.39, 0.29) is 0 Å². The van der Waals surface area contributed by atoms with E-state index in [2.05, 4.69) is 39.0 Å². The molecule has 1 aromatic heterocycles. The molecule has 0 aliphatic heterocycles. The van der Waals surface area contributed by atoms with Crippen LogP contribution in [0, 0.1) is 0 Å². The molecule has 4 nitrogen and oxygen atoms in total. The Labute approximate surface area is 123 Å². The molecule has 3 rings (SSSR count). The molecule has 0 saturated heterocycles. The summed E-state index contributed by atoms with van der Waals surface area (Å²) in [6, 6.07) is 10.6. The third kappa shape index (κ3) is 2.58. The van der Waals surface area contributed by atoms with Gasteiger partial charge in [0, 0.05) is 19.6 Å². The number of halogens is 1. The SMILES string of the molecule is COCCn1c(CCl)nnc1C1CC1c1ccccc1. The van der Waals surface area contributed by atoms with Crippen LogP contribution < -0.4 is 0 Å². The van der Waals surface area contributed by atoms with E-state index in [1.54, 1.807) is 7.11 Å². The van der Waals surface area contributed by atoms with Gasteiger partial charge in [-0.3, -0.25) is 0 Å². The Morgan fingerprint density at radius 3 is 2.75 bits per heavy atom. The first-order valence-corrected chi connectivity index (χ1v) is 7.40. The van der Waals surface area contributed by atoms with Gasteiger partial charge in [0.25, 0.3) is 0 Å². The van der Waals surface area contributed by atoms with Gasteiger partial charge in [-0.15, -0.1) is 21.8 Å². The Bertz CT molecular complexity index is 570. The molecule has 0 bridgehead atoms. The summed E-state index contributed by atoms with van der Waals surface area (Å²) >= 11 is 5.94. The van der Waals surface area contributed by atoms with Crippen molar-refractivity contribution in [1.29, 1.82) is 0 Å². The summed E-state index contributed by atoms with van der Waals surface area (Å²) in [4.78, 5) is 0. The number of nitrogens with zero attached hydrogens (tertiary/aromatic N) is 3. The van der Waals surface area contributed by atoms with Crippen molar-refractivity contribution >= 4 is 11.6 Å². The summed E-state index contributed by atoms with van der Waals surface area (Å²) in [5.41, 5.74) is 1.38. The van der Waals surface area contributed by atoms with Gasteiger partial charge < -0.3 is 9.30 Å². The Balaban J connectivity index is 1.80. The number of hydrogen-bond donors (Lipinski definition) is 0. The molecule has 2 atom stereocenters. The highest BCUT2D eigenvalue weighted by Gasteiger charge is 2.43. The maximum atomic E-state index is 5.94. The maximum Gasteiger partial charge on any atom is 0.148 e. The molecule has 1 aromatic carbocycles. The van der Waals surface area contributed by atoms with Crippen LogP contribution >= 0.6 is 11.6 Å². The van der Waals surface area contributed by atoms with Crippen LogP contribution in [0.4, 0.5) is 0 Å². The summed E-state index contributed by atoms with van der Waals surface area (Å²) in [6.45, 7) is 1.41. The molecule has 2 aromatic rings. The highest BCUT2D eigenvalue weighted by molar-refractivity contribution is 6.16. The Morgan fingerprint density at radius 2 is 2.05 bits per heavy atom. The van der Waals surface area contributed by atoms with Crippen molar-refractivity contribution in [2.75, 3.05) is 13.7 Å². The predicted molar refractivity (Wildman–Crippen MR) is 78.0 cm³/mol. The van der Waals surface area contributed by atoms with Gasteiger partial charge >= 0.3 is 0 Å². The zero-order valence-corrected chi connectivity index (χ0v) is 12.3. The van der Waals surface area contributed by atoms with Gasteiger partial charge in [-0.05, 0) is 17.9 Å². The summed E-state index contributed by atoms with van der Waals surface area (Å²) in [7, 11) is 1.70. The van der Waals surface area contributed by atoms with Crippen LogP contribution in [-0.4, -0.2) is 28.5 Å². The number of alkyl halides is 1. The maximum absolute atomic E-state index is 5.94. The van der Waals surface area contributed by atoms with Crippen molar-refractivity contribution in [2.45, 2.75) is 30.7 Å². The van der Waals surface area contributed by atoms with Gasteiger partial charge in [-0.1, -0.05) is 30.3 Å². The lowest BCUT2D eigenvalue weighted by molar-refractivity contribution is 0.185. The van der Waals surface area contributed by atoms with Crippen molar-refractivity contribution in [3.63, 3.8) is 0 Å². The molecule has 2 unspecified atom stereocenters. The fourth-order valence-corrected chi connectivity index (χ4v) is 2.90. The second-order valence-corrected chi connectivity index (χ2v) is 5.38. The molecule has 1 saturated carbocycles. The highest BCUT2D eigenvalue weighted by Crippen LogP contribution is 2.54. The molecule has 5 heteroatoms. The average molecular weight is 292 g/mol. The first kappa shape index (κ1) is 13.6. The van der Waals surface area contributed by atoms with Crippen molar-refractivity contribution in [3.05, 3.63) is 47.5 Å². The van der Waals surface area contributed by atoms with Gasteiger partial charge in [0.05, 0.1) is 12.5 Å². The van der Waals surface area contributed by atoms with E-state index in [1.165, 1.54) is 5.56 Å². The van der Waals surface area contributed by atoms with Crippen LogP contribution in [0.5, 0.6) is 0 Å². The largest absolute Gasteiger partial charge is 0.383 e. The van der Waals surface area contributed by atoms with E-state index in [4.69, 9.17) is 16.3 Å². The average Bonchev–Trinajstić information content (AvgIpc) is 3.19. The minimum absolute atomic E-state index is 0.388. The second-order valence-electron chi connectivity index (χ2n) is 5.11.